The smallest absolute Gasteiger partial charge is 0.271 e. The first-order chi connectivity index (χ1) is 13.3. The fourth-order valence-electron chi connectivity index (χ4n) is 5.07. The van der Waals surface area contributed by atoms with E-state index in [1.54, 1.807) is 0 Å². The molecule has 2 aromatic heterocycles. The van der Waals surface area contributed by atoms with Crippen molar-refractivity contribution in [3.05, 3.63) is 46.5 Å². The standard InChI is InChI=1S/C23H31N3O2/c1-15-20-16(13-23(2,3)14-19(20)27)24-21(15)22(28)26-12-7-5-6-9-18(26)17-10-8-11-25(17)4/h8,10-11,18,24H,5-7,9,12-14H2,1-4H3/t18-/m1/s1. The van der Waals surface area contributed by atoms with Crippen LogP contribution in [0.3, 0.4) is 0 Å². The number of amides is 1. The number of rotatable bonds is 2. The van der Waals surface area contributed by atoms with E-state index in [9.17, 15) is 9.59 Å². The van der Waals surface area contributed by atoms with E-state index in [0.29, 0.717) is 12.1 Å². The van der Waals surface area contributed by atoms with Crippen LogP contribution in [0.15, 0.2) is 18.3 Å². The van der Waals surface area contributed by atoms with E-state index in [-0.39, 0.29) is 23.1 Å². The average Bonchev–Trinajstić information content (AvgIpc) is 3.07. The minimum Gasteiger partial charge on any atom is -0.354 e. The van der Waals surface area contributed by atoms with Gasteiger partial charge in [0.2, 0.25) is 0 Å². The number of nitrogens with one attached hydrogen (secondary N) is 1. The number of H-pyrrole nitrogens is 1. The van der Waals surface area contributed by atoms with Gasteiger partial charge in [-0.3, -0.25) is 9.59 Å². The van der Waals surface area contributed by atoms with E-state index in [2.05, 4.69) is 29.5 Å². The summed E-state index contributed by atoms with van der Waals surface area (Å²) in [5, 5.41) is 0. The van der Waals surface area contributed by atoms with Crippen molar-refractivity contribution in [3.8, 4) is 0 Å². The highest BCUT2D eigenvalue weighted by molar-refractivity contribution is 6.04. The van der Waals surface area contributed by atoms with Gasteiger partial charge in [-0.2, -0.15) is 0 Å². The maximum atomic E-state index is 13.7. The lowest BCUT2D eigenvalue weighted by atomic mass is 9.75. The maximum absolute atomic E-state index is 13.7. The number of carbonyl (C=O) groups excluding carboxylic acids is 2. The molecule has 1 amide bonds. The normalized spacial score (nSPS) is 22.1. The third-order valence-electron chi connectivity index (χ3n) is 6.45. The van der Waals surface area contributed by atoms with Gasteiger partial charge in [0.1, 0.15) is 5.69 Å². The Labute approximate surface area is 167 Å². The first-order valence-corrected chi connectivity index (χ1v) is 10.5. The monoisotopic (exact) mass is 381 g/mol. The lowest BCUT2D eigenvalue weighted by Crippen LogP contribution is -2.36. The Kier molecular flexibility index (Phi) is 4.72. The lowest BCUT2D eigenvalue weighted by molar-refractivity contribution is 0.0668. The van der Waals surface area contributed by atoms with Crippen molar-refractivity contribution in [2.75, 3.05) is 6.54 Å². The van der Waals surface area contributed by atoms with Gasteiger partial charge in [-0.05, 0) is 49.3 Å². The minimum atomic E-state index is -0.0596. The van der Waals surface area contributed by atoms with Gasteiger partial charge in [-0.25, -0.2) is 0 Å². The molecule has 0 aromatic carbocycles. The zero-order chi connectivity index (χ0) is 20.1. The maximum Gasteiger partial charge on any atom is 0.271 e. The molecule has 1 saturated heterocycles. The van der Waals surface area contributed by atoms with Gasteiger partial charge in [0, 0.05) is 43.2 Å². The number of carbonyl (C=O) groups is 2. The second-order valence-electron chi connectivity index (χ2n) is 9.33. The minimum absolute atomic E-state index is 0.0330. The van der Waals surface area contributed by atoms with Crippen LogP contribution in [0.2, 0.25) is 0 Å². The van der Waals surface area contributed by atoms with Crippen LogP contribution in [0.1, 0.15) is 89.8 Å². The zero-order valence-corrected chi connectivity index (χ0v) is 17.5. The summed E-state index contributed by atoms with van der Waals surface area (Å²) in [6.07, 6.45) is 7.69. The Balaban J connectivity index is 1.72. The molecular weight excluding hydrogens is 350 g/mol. The molecule has 1 aliphatic carbocycles. The number of Topliss-reactive ketones (excluding diaryl/α,β-unsaturated/α-hetero) is 1. The highest BCUT2D eigenvalue weighted by Crippen LogP contribution is 2.38. The van der Waals surface area contributed by atoms with Crippen LogP contribution >= 0.6 is 0 Å². The van der Waals surface area contributed by atoms with Gasteiger partial charge in [-0.15, -0.1) is 0 Å². The molecule has 1 N–H and O–H groups in total. The Morgan fingerprint density at radius 1 is 1.21 bits per heavy atom. The Morgan fingerprint density at radius 2 is 2.00 bits per heavy atom. The number of nitrogens with zero attached hydrogens (tertiary/aromatic N) is 2. The number of aromatic nitrogens is 2. The van der Waals surface area contributed by atoms with E-state index < -0.39 is 0 Å². The van der Waals surface area contributed by atoms with E-state index in [1.807, 2.05) is 31.1 Å². The van der Waals surface area contributed by atoms with Crippen molar-refractivity contribution in [1.82, 2.24) is 14.5 Å². The van der Waals surface area contributed by atoms with Gasteiger partial charge in [0.05, 0.1) is 6.04 Å². The highest BCUT2D eigenvalue weighted by Gasteiger charge is 2.37. The summed E-state index contributed by atoms with van der Waals surface area (Å²) in [4.78, 5) is 31.8. The Morgan fingerprint density at radius 3 is 2.71 bits per heavy atom. The quantitative estimate of drug-likeness (QED) is 0.828. The van der Waals surface area contributed by atoms with Crippen LogP contribution in [0.25, 0.3) is 0 Å². The van der Waals surface area contributed by atoms with Gasteiger partial charge in [0.25, 0.3) is 5.91 Å². The van der Waals surface area contributed by atoms with Gasteiger partial charge < -0.3 is 14.5 Å². The Hall–Kier alpha value is -2.30. The molecule has 28 heavy (non-hydrogen) atoms. The molecule has 2 aromatic rings. The second-order valence-corrected chi connectivity index (χ2v) is 9.33. The molecule has 4 rings (SSSR count). The summed E-state index contributed by atoms with van der Waals surface area (Å²) in [5.41, 5.74) is 4.25. The number of aryl methyl sites for hydroxylation is 1. The number of hydrogen-bond acceptors (Lipinski definition) is 2. The molecular formula is C23H31N3O2. The van der Waals surface area contributed by atoms with E-state index in [4.69, 9.17) is 0 Å². The lowest BCUT2D eigenvalue weighted by Gasteiger charge is -2.30. The van der Waals surface area contributed by atoms with E-state index in [1.165, 1.54) is 5.69 Å². The van der Waals surface area contributed by atoms with Crippen LogP contribution in [0, 0.1) is 12.3 Å². The molecule has 3 heterocycles. The summed E-state index contributed by atoms with van der Waals surface area (Å²) in [7, 11) is 2.04. The topological polar surface area (TPSA) is 58.1 Å². The summed E-state index contributed by atoms with van der Waals surface area (Å²) in [5.74, 6) is 0.194. The molecule has 5 nitrogen and oxygen atoms in total. The molecule has 0 unspecified atom stereocenters. The molecule has 0 radical (unpaired) electrons. The molecule has 0 spiro atoms. The predicted octanol–water partition coefficient (Wildman–Crippen LogP) is 4.57. The van der Waals surface area contributed by atoms with Crippen LogP contribution in [0.5, 0.6) is 0 Å². The molecule has 150 valence electrons. The fourth-order valence-corrected chi connectivity index (χ4v) is 5.07. The van der Waals surface area contributed by atoms with Gasteiger partial charge in [-0.1, -0.05) is 26.7 Å². The molecule has 1 fully saturated rings. The third kappa shape index (κ3) is 3.21. The van der Waals surface area contributed by atoms with Crippen molar-refractivity contribution >= 4 is 11.7 Å². The van der Waals surface area contributed by atoms with Crippen molar-refractivity contribution in [1.29, 1.82) is 0 Å². The van der Waals surface area contributed by atoms with E-state index >= 15 is 0 Å². The van der Waals surface area contributed by atoms with Gasteiger partial charge in [0.15, 0.2) is 5.78 Å². The van der Waals surface area contributed by atoms with Crippen LogP contribution in [-0.4, -0.2) is 32.7 Å². The number of aromatic amines is 1. The summed E-state index contributed by atoms with van der Waals surface area (Å²) >= 11 is 0. The zero-order valence-electron chi connectivity index (χ0n) is 17.5. The SMILES string of the molecule is Cc1c(C(=O)N2CCCCC[C@@H]2c2cccn2C)[nH]c2c1C(=O)CC(C)(C)C2. The molecule has 0 saturated carbocycles. The first-order valence-electron chi connectivity index (χ1n) is 10.5. The molecule has 1 aliphatic heterocycles. The molecule has 0 bridgehead atoms. The first kappa shape index (κ1) is 19.0. The largest absolute Gasteiger partial charge is 0.354 e. The molecule has 1 atom stereocenters. The summed E-state index contributed by atoms with van der Waals surface area (Å²) in [6, 6.07) is 4.25. The predicted molar refractivity (Wildman–Crippen MR) is 110 cm³/mol. The highest BCUT2D eigenvalue weighted by atomic mass is 16.2. The summed E-state index contributed by atoms with van der Waals surface area (Å²) < 4.78 is 2.12. The fraction of sp³-hybridized carbons (Fsp3) is 0.565. The molecule has 5 heteroatoms. The van der Waals surface area contributed by atoms with Crippen LogP contribution in [-0.2, 0) is 13.5 Å². The number of fused-ring (bicyclic) bond motifs is 1. The van der Waals surface area contributed by atoms with Crippen molar-refractivity contribution < 1.29 is 9.59 Å². The number of ketones is 1. The van der Waals surface area contributed by atoms with Crippen molar-refractivity contribution in [2.45, 2.75) is 65.3 Å². The number of hydrogen-bond donors (Lipinski definition) is 1. The molecule has 2 aliphatic rings. The van der Waals surface area contributed by atoms with Gasteiger partial charge >= 0.3 is 0 Å². The van der Waals surface area contributed by atoms with Crippen molar-refractivity contribution in [3.63, 3.8) is 0 Å². The van der Waals surface area contributed by atoms with Crippen molar-refractivity contribution in [2.24, 2.45) is 12.5 Å². The second kappa shape index (κ2) is 6.94. The Bertz CT molecular complexity index is 918. The summed E-state index contributed by atoms with van der Waals surface area (Å²) in [6.45, 7) is 6.92. The van der Waals surface area contributed by atoms with Crippen LogP contribution in [0.4, 0.5) is 0 Å². The third-order valence-corrected chi connectivity index (χ3v) is 6.45. The van der Waals surface area contributed by atoms with E-state index in [0.717, 1.165) is 55.5 Å². The van der Waals surface area contributed by atoms with Crippen LogP contribution < -0.4 is 0 Å². The number of likely N-dealkylation sites (tertiary alicyclic amines) is 1. The average molecular weight is 382 g/mol.